The van der Waals surface area contributed by atoms with Crippen molar-refractivity contribution in [1.82, 2.24) is 29.6 Å². The summed E-state index contributed by atoms with van der Waals surface area (Å²) in [5.41, 5.74) is 8.11. The van der Waals surface area contributed by atoms with Gasteiger partial charge in [0.05, 0.1) is 5.52 Å². The van der Waals surface area contributed by atoms with E-state index in [1.807, 2.05) is 41.8 Å². The van der Waals surface area contributed by atoms with Crippen LogP contribution in [0.2, 0.25) is 0 Å². The summed E-state index contributed by atoms with van der Waals surface area (Å²) in [5.74, 6) is 0.681. The molecular weight excluding hydrogens is 318 g/mol. The van der Waals surface area contributed by atoms with Crippen LogP contribution in [0, 0.1) is 0 Å². The Kier molecular flexibility index (Phi) is 3.38. The minimum atomic E-state index is -0.203. The van der Waals surface area contributed by atoms with Crippen molar-refractivity contribution in [2.75, 3.05) is 12.8 Å². The number of nitrogens with zero attached hydrogens (tertiary/aromatic N) is 5. The van der Waals surface area contributed by atoms with E-state index < -0.39 is 0 Å². The molecular formula is C17H17N7O. The lowest BCUT2D eigenvalue weighted by Crippen LogP contribution is -2.21. The van der Waals surface area contributed by atoms with Gasteiger partial charge in [-0.1, -0.05) is 18.2 Å². The Morgan fingerprint density at radius 1 is 1.28 bits per heavy atom. The zero-order valence-electron chi connectivity index (χ0n) is 13.9. The molecule has 8 nitrogen and oxygen atoms in total. The van der Waals surface area contributed by atoms with Gasteiger partial charge in [-0.2, -0.15) is 5.10 Å². The quantitative estimate of drug-likeness (QED) is 0.593. The van der Waals surface area contributed by atoms with Crippen LogP contribution in [0.5, 0.6) is 0 Å². The molecule has 0 saturated heterocycles. The SMILES string of the molecule is CCn1nc(-n2c(C(=O)NC)cc3ccccc32)c2c(N)ncnc21. The van der Waals surface area contributed by atoms with Crippen molar-refractivity contribution in [3.8, 4) is 5.82 Å². The highest BCUT2D eigenvalue weighted by atomic mass is 16.1. The van der Waals surface area contributed by atoms with E-state index in [9.17, 15) is 4.79 Å². The number of anilines is 1. The van der Waals surface area contributed by atoms with Crippen molar-refractivity contribution in [3.63, 3.8) is 0 Å². The molecule has 1 amide bonds. The van der Waals surface area contributed by atoms with Crippen molar-refractivity contribution in [2.45, 2.75) is 13.5 Å². The van der Waals surface area contributed by atoms with Gasteiger partial charge in [0.15, 0.2) is 11.5 Å². The van der Waals surface area contributed by atoms with Gasteiger partial charge < -0.3 is 11.1 Å². The number of nitrogens with two attached hydrogens (primary N) is 1. The molecule has 0 spiro atoms. The third kappa shape index (κ3) is 2.14. The van der Waals surface area contributed by atoms with Gasteiger partial charge in [0.1, 0.15) is 23.2 Å². The number of carbonyl (C=O) groups excluding carboxylic acids is 1. The first-order valence-corrected chi connectivity index (χ1v) is 7.95. The van der Waals surface area contributed by atoms with Crippen molar-refractivity contribution < 1.29 is 4.79 Å². The highest BCUT2D eigenvalue weighted by molar-refractivity contribution is 6.02. The molecule has 3 aromatic heterocycles. The molecule has 4 rings (SSSR count). The van der Waals surface area contributed by atoms with Crippen LogP contribution in [-0.4, -0.2) is 37.3 Å². The monoisotopic (exact) mass is 335 g/mol. The standard InChI is InChI=1S/C17H17N7O/c1-3-23-15-13(14(18)20-9-21-15)16(22-23)24-11-7-5-4-6-10(11)8-12(24)17(25)19-2/h4-9H,3H2,1-2H3,(H,19,25)(H2,18,20,21). The Bertz CT molecular complexity index is 1110. The van der Waals surface area contributed by atoms with Crippen molar-refractivity contribution in [3.05, 3.63) is 42.4 Å². The minimum Gasteiger partial charge on any atom is -0.383 e. The first kappa shape index (κ1) is 15.1. The summed E-state index contributed by atoms with van der Waals surface area (Å²) in [6.45, 7) is 2.60. The lowest BCUT2D eigenvalue weighted by molar-refractivity contribution is 0.0956. The molecule has 0 bridgehead atoms. The number of nitrogen functional groups attached to an aromatic ring is 1. The lowest BCUT2D eigenvalue weighted by Gasteiger charge is -2.08. The van der Waals surface area contributed by atoms with E-state index >= 15 is 0 Å². The Morgan fingerprint density at radius 3 is 2.84 bits per heavy atom. The van der Waals surface area contributed by atoms with Gasteiger partial charge in [0.2, 0.25) is 0 Å². The normalized spacial score (nSPS) is 11.3. The third-order valence-electron chi connectivity index (χ3n) is 4.22. The predicted octanol–water partition coefficient (Wildman–Crippen LogP) is 1.73. The Hall–Kier alpha value is -3.42. The van der Waals surface area contributed by atoms with Crippen LogP contribution in [0.25, 0.3) is 27.8 Å². The molecule has 0 aliphatic heterocycles. The summed E-state index contributed by atoms with van der Waals surface area (Å²) < 4.78 is 3.56. The minimum absolute atomic E-state index is 0.203. The number of carbonyl (C=O) groups is 1. The average molecular weight is 335 g/mol. The smallest absolute Gasteiger partial charge is 0.268 e. The van der Waals surface area contributed by atoms with E-state index in [-0.39, 0.29) is 5.91 Å². The van der Waals surface area contributed by atoms with Crippen molar-refractivity contribution >= 4 is 33.7 Å². The second-order valence-electron chi connectivity index (χ2n) is 5.60. The van der Waals surface area contributed by atoms with Gasteiger partial charge >= 0.3 is 0 Å². The first-order chi connectivity index (χ1) is 12.2. The van der Waals surface area contributed by atoms with E-state index in [1.54, 1.807) is 11.7 Å². The number of fused-ring (bicyclic) bond motifs is 2. The van der Waals surface area contributed by atoms with Gasteiger partial charge in [-0.25, -0.2) is 14.6 Å². The van der Waals surface area contributed by atoms with Gasteiger partial charge in [-0.3, -0.25) is 9.36 Å². The summed E-state index contributed by atoms with van der Waals surface area (Å²) >= 11 is 0. The van der Waals surface area contributed by atoms with Crippen LogP contribution >= 0.6 is 0 Å². The number of aromatic nitrogens is 5. The van der Waals surface area contributed by atoms with Crippen LogP contribution in [0.3, 0.4) is 0 Å². The number of para-hydroxylation sites is 1. The van der Waals surface area contributed by atoms with Crippen molar-refractivity contribution in [2.24, 2.45) is 0 Å². The molecule has 0 radical (unpaired) electrons. The van der Waals surface area contributed by atoms with Gasteiger partial charge in [0.25, 0.3) is 5.91 Å². The van der Waals surface area contributed by atoms with E-state index in [0.717, 1.165) is 10.9 Å². The maximum absolute atomic E-state index is 12.4. The predicted molar refractivity (Wildman–Crippen MR) is 95.6 cm³/mol. The topological polar surface area (TPSA) is 104 Å². The zero-order chi connectivity index (χ0) is 17.6. The fourth-order valence-corrected chi connectivity index (χ4v) is 3.07. The molecule has 126 valence electrons. The molecule has 0 saturated carbocycles. The summed E-state index contributed by atoms with van der Waals surface area (Å²) in [4.78, 5) is 20.9. The highest BCUT2D eigenvalue weighted by Gasteiger charge is 2.22. The summed E-state index contributed by atoms with van der Waals surface area (Å²) in [7, 11) is 1.60. The molecule has 0 aliphatic carbocycles. The highest BCUT2D eigenvalue weighted by Crippen LogP contribution is 2.30. The second kappa shape index (κ2) is 5.59. The van der Waals surface area contributed by atoms with Crippen LogP contribution in [0.4, 0.5) is 5.82 Å². The molecule has 4 aromatic rings. The largest absolute Gasteiger partial charge is 0.383 e. The molecule has 3 N–H and O–H groups in total. The van der Waals surface area contributed by atoms with Crippen LogP contribution in [0.15, 0.2) is 36.7 Å². The first-order valence-electron chi connectivity index (χ1n) is 7.95. The Balaban J connectivity index is 2.15. The van der Waals surface area contributed by atoms with Crippen molar-refractivity contribution in [1.29, 1.82) is 0 Å². The molecule has 0 aliphatic rings. The Morgan fingerprint density at radius 2 is 2.08 bits per heavy atom. The number of benzene rings is 1. The van der Waals surface area contributed by atoms with E-state index in [0.29, 0.717) is 34.9 Å². The molecule has 8 heteroatoms. The number of nitrogens with one attached hydrogen (secondary N) is 1. The Labute approximate surface area is 143 Å². The van der Waals surface area contributed by atoms with E-state index in [4.69, 9.17) is 5.73 Å². The molecule has 0 fully saturated rings. The van der Waals surface area contributed by atoms with Crippen LogP contribution < -0.4 is 11.1 Å². The van der Waals surface area contributed by atoms with E-state index in [2.05, 4.69) is 20.4 Å². The maximum Gasteiger partial charge on any atom is 0.268 e. The summed E-state index contributed by atoms with van der Waals surface area (Å²) in [6.07, 6.45) is 1.42. The average Bonchev–Trinajstić information content (AvgIpc) is 3.19. The fraction of sp³-hybridized carbons (Fsp3) is 0.176. The van der Waals surface area contributed by atoms with Crippen LogP contribution in [-0.2, 0) is 6.54 Å². The fourth-order valence-electron chi connectivity index (χ4n) is 3.07. The van der Waals surface area contributed by atoms with Gasteiger partial charge in [0, 0.05) is 19.0 Å². The molecule has 3 heterocycles. The van der Waals surface area contributed by atoms with E-state index in [1.165, 1.54) is 6.33 Å². The number of amides is 1. The molecule has 25 heavy (non-hydrogen) atoms. The lowest BCUT2D eigenvalue weighted by atomic mass is 10.2. The molecule has 1 aromatic carbocycles. The molecule has 0 atom stereocenters. The number of rotatable bonds is 3. The number of aryl methyl sites for hydroxylation is 1. The number of hydrogen-bond acceptors (Lipinski definition) is 5. The second-order valence-corrected chi connectivity index (χ2v) is 5.60. The summed E-state index contributed by atoms with van der Waals surface area (Å²) in [6, 6.07) is 9.59. The summed E-state index contributed by atoms with van der Waals surface area (Å²) in [5, 5.41) is 8.91. The maximum atomic E-state index is 12.4. The van der Waals surface area contributed by atoms with Gasteiger partial charge in [-0.05, 0) is 19.1 Å². The van der Waals surface area contributed by atoms with Gasteiger partial charge in [-0.15, -0.1) is 0 Å². The molecule has 0 unspecified atom stereocenters. The zero-order valence-corrected chi connectivity index (χ0v) is 13.9. The number of hydrogen-bond donors (Lipinski definition) is 2. The van der Waals surface area contributed by atoms with Crippen LogP contribution in [0.1, 0.15) is 17.4 Å². The third-order valence-corrected chi connectivity index (χ3v) is 4.22.